The van der Waals surface area contributed by atoms with Crippen LogP contribution in [0.1, 0.15) is 33.6 Å². The van der Waals surface area contributed by atoms with Crippen molar-refractivity contribution in [2.45, 2.75) is 40.7 Å². The number of rotatable bonds is 2. The van der Waals surface area contributed by atoms with Gasteiger partial charge in [-0.3, -0.25) is 9.36 Å². The van der Waals surface area contributed by atoms with Crippen molar-refractivity contribution in [2.75, 3.05) is 11.4 Å². The van der Waals surface area contributed by atoms with Gasteiger partial charge in [0.25, 0.3) is 5.56 Å². The summed E-state index contributed by atoms with van der Waals surface area (Å²) < 4.78 is 1.54. The van der Waals surface area contributed by atoms with E-state index in [0.29, 0.717) is 27.1 Å². The normalized spacial score (nSPS) is 13.5. The molecule has 1 aromatic heterocycles. The molecule has 2 aromatic carbocycles. The fraction of sp³-hybridized carbons (Fsp3) is 0.304. The van der Waals surface area contributed by atoms with Gasteiger partial charge in [0.2, 0.25) is 0 Å². The van der Waals surface area contributed by atoms with Gasteiger partial charge in [-0.25, -0.2) is 4.98 Å². The van der Waals surface area contributed by atoms with E-state index in [1.54, 1.807) is 22.8 Å². The van der Waals surface area contributed by atoms with Gasteiger partial charge in [0.05, 0.1) is 21.3 Å². The summed E-state index contributed by atoms with van der Waals surface area (Å²) in [7, 11) is 0. The zero-order chi connectivity index (χ0) is 20.9. The van der Waals surface area contributed by atoms with E-state index in [2.05, 4.69) is 30.9 Å². The van der Waals surface area contributed by atoms with E-state index >= 15 is 0 Å². The molecule has 150 valence electrons. The van der Waals surface area contributed by atoms with Crippen LogP contribution in [0.2, 0.25) is 10.0 Å². The molecule has 29 heavy (non-hydrogen) atoms. The molecular formula is C23H23Cl2N3O. The van der Waals surface area contributed by atoms with E-state index in [4.69, 9.17) is 28.2 Å². The molecule has 0 bridgehead atoms. The minimum atomic E-state index is -0.122. The molecule has 6 heteroatoms. The predicted molar refractivity (Wildman–Crippen MR) is 120 cm³/mol. The Morgan fingerprint density at radius 2 is 1.83 bits per heavy atom. The number of hydrogen-bond donors (Lipinski definition) is 0. The molecule has 2 heterocycles. The molecular weight excluding hydrogens is 405 g/mol. The molecule has 0 spiro atoms. The molecule has 0 fully saturated rings. The van der Waals surface area contributed by atoms with Gasteiger partial charge in [0, 0.05) is 13.1 Å². The van der Waals surface area contributed by atoms with Gasteiger partial charge in [-0.2, -0.15) is 0 Å². The lowest BCUT2D eigenvalue weighted by molar-refractivity contribution is 0.701. The van der Waals surface area contributed by atoms with Crippen LogP contribution in [0.25, 0.3) is 5.69 Å². The van der Waals surface area contributed by atoms with Gasteiger partial charge in [0.1, 0.15) is 11.6 Å². The third-order valence-electron chi connectivity index (χ3n) is 5.63. The van der Waals surface area contributed by atoms with Gasteiger partial charge in [-0.15, -0.1) is 0 Å². The average Bonchev–Trinajstić information content (AvgIpc) is 2.68. The third-order valence-corrected chi connectivity index (χ3v) is 6.44. The summed E-state index contributed by atoms with van der Waals surface area (Å²) in [5.41, 5.74) is 6.36. The first-order valence-corrected chi connectivity index (χ1v) is 10.4. The second-order valence-electron chi connectivity index (χ2n) is 7.71. The Balaban J connectivity index is 1.79. The van der Waals surface area contributed by atoms with Crippen molar-refractivity contribution < 1.29 is 0 Å². The highest BCUT2D eigenvalue weighted by Crippen LogP contribution is 2.30. The number of anilines is 1. The highest BCUT2D eigenvalue weighted by Gasteiger charge is 2.24. The maximum absolute atomic E-state index is 13.3. The number of aromatic nitrogens is 2. The fourth-order valence-corrected chi connectivity index (χ4v) is 4.58. The van der Waals surface area contributed by atoms with E-state index in [1.165, 1.54) is 22.3 Å². The van der Waals surface area contributed by atoms with Crippen LogP contribution in [0.15, 0.2) is 35.1 Å². The van der Waals surface area contributed by atoms with Gasteiger partial charge in [0.15, 0.2) is 0 Å². The number of halogens is 2. The largest absolute Gasteiger partial charge is 0.351 e. The maximum Gasteiger partial charge on any atom is 0.263 e. The zero-order valence-electron chi connectivity index (χ0n) is 17.0. The molecule has 1 aliphatic heterocycles. The van der Waals surface area contributed by atoms with Crippen molar-refractivity contribution >= 4 is 29.0 Å². The lowest BCUT2D eigenvalue weighted by atomic mass is 9.93. The van der Waals surface area contributed by atoms with Gasteiger partial charge in [-0.1, -0.05) is 47.0 Å². The predicted octanol–water partition coefficient (Wildman–Crippen LogP) is 5.34. The van der Waals surface area contributed by atoms with E-state index in [9.17, 15) is 4.79 Å². The summed E-state index contributed by atoms with van der Waals surface area (Å²) in [5, 5.41) is 0.766. The number of benzene rings is 2. The summed E-state index contributed by atoms with van der Waals surface area (Å²) in [6, 6.07) is 9.76. The Bertz CT molecular complexity index is 1180. The molecule has 0 amide bonds. The van der Waals surface area contributed by atoms with Crippen LogP contribution in [0, 0.1) is 27.7 Å². The second-order valence-corrected chi connectivity index (χ2v) is 8.50. The van der Waals surface area contributed by atoms with Crippen molar-refractivity contribution in [3.8, 4) is 5.69 Å². The number of nitrogens with zero attached hydrogens (tertiary/aromatic N) is 3. The smallest absolute Gasteiger partial charge is 0.263 e. The Labute approximate surface area is 180 Å². The van der Waals surface area contributed by atoms with Crippen molar-refractivity contribution in [3.05, 3.63) is 84.4 Å². The van der Waals surface area contributed by atoms with Crippen LogP contribution in [-0.4, -0.2) is 16.1 Å². The number of aryl methyl sites for hydroxylation is 3. The minimum Gasteiger partial charge on any atom is -0.351 e. The monoisotopic (exact) mass is 427 g/mol. The first kappa shape index (κ1) is 20.0. The van der Waals surface area contributed by atoms with Gasteiger partial charge in [-0.05, 0) is 62.9 Å². The van der Waals surface area contributed by atoms with Crippen LogP contribution >= 0.6 is 23.2 Å². The average molecular weight is 428 g/mol. The molecule has 0 N–H and O–H groups in total. The summed E-state index contributed by atoms with van der Waals surface area (Å²) in [4.78, 5) is 20.3. The van der Waals surface area contributed by atoms with E-state index in [1.807, 2.05) is 13.8 Å². The van der Waals surface area contributed by atoms with Crippen molar-refractivity contribution in [3.63, 3.8) is 0 Å². The molecule has 4 nitrogen and oxygen atoms in total. The maximum atomic E-state index is 13.3. The number of hydrogen-bond acceptors (Lipinski definition) is 3. The van der Waals surface area contributed by atoms with Crippen LogP contribution in [0.4, 0.5) is 5.82 Å². The third kappa shape index (κ3) is 3.45. The van der Waals surface area contributed by atoms with Crippen LogP contribution in [0.3, 0.4) is 0 Å². The highest BCUT2D eigenvalue weighted by molar-refractivity contribution is 6.43. The topological polar surface area (TPSA) is 38.1 Å². The molecule has 1 aliphatic rings. The molecule has 4 rings (SSSR count). The summed E-state index contributed by atoms with van der Waals surface area (Å²) in [5.74, 6) is 1.33. The Morgan fingerprint density at radius 3 is 2.59 bits per heavy atom. The summed E-state index contributed by atoms with van der Waals surface area (Å²) in [6.45, 7) is 9.54. The number of fused-ring (bicyclic) bond motifs is 1. The van der Waals surface area contributed by atoms with E-state index in [0.717, 1.165) is 25.3 Å². The Hall–Kier alpha value is -2.30. The van der Waals surface area contributed by atoms with Crippen LogP contribution in [-0.2, 0) is 13.0 Å². The van der Waals surface area contributed by atoms with Gasteiger partial charge >= 0.3 is 0 Å². The Kier molecular flexibility index (Phi) is 5.18. The van der Waals surface area contributed by atoms with Crippen LogP contribution < -0.4 is 10.5 Å². The second kappa shape index (κ2) is 7.51. The minimum absolute atomic E-state index is 0.122. The quantitative estimate of drug-likeness (QED) is 0.554. The first-order chi connectivity index (χ1) is 13.8. The Morgan fingerprint density at radius 1 is 1.07 bits per heavy atom. The molecule has 0 radical (unpaired) electrons. The fourth-order valence-electron chi connectivity index (χ4n) is 4.20. The standard InChI is InChI=1S/C23H23Cl2N3O/c1-13-10-14(2)18-12-27(9-8-17(18)11-13)22-15(3)23(29)28(16(4)26-22)20-7-5-6-19(24)21(20)25/h5-7,10-11H,8-9,12H2,1-4H3. The van der Waals surface area contributed by atoms with E-state index in [-0.39, 0.29) is 5.56 Å². The van der Waals surface area contributed by atoms with Crippen molar-refractivity contribution in [1.82, 2.24) is 9.55 Å². The molecule has 0 unspecified atom stereocenters. The molecule has 0 aliphatic carbocycles. The first-order valence-electron chi connectivity index (χ1n) is 9.66. The lowest BCUT2D eigenvalue weighted by Crippen LogP contribution is -2.35. The zero-order valence-corrected chi connectivity index (χ0v) is 18.5. The van der Waals surface area contributed by atoms with Gasteiger partial charge < -0.3 is 4.90 Å². The molecule has 0 saturated carbocycles. The lowest BCUT2D eigenvalue weighted by Gasteiger charge is -2.32. The molecule has 0 atom stereocenters. The molecule has 3 aromatic rings. The SMILES string of the molecule is Cc1cc(C)c2c(c1)CCN(c1nc(C)n(-c3cccc(Cl)c3Cl)c(=O)c1C)C2. The van der Waals surface area contributed by atoms with E-state index < -0.39 is 0 Å². The summed E-state index contributed by atoms with van der Waals surface area (Å²) >= 11 is 12.5. The highest BCUT2D eigenvalue weighted by atomic mass is 35.5. The van der Waals surface area contributed by atoms with Crippen molar-refractivity contribution in [2.24, 2.45) is 0 Å². The van der Waals surface area contributed by atoms with Crippen molar-refractivity contribution in [1.29, 1.82) is 0 Å². The molecule has 0 saturated heterocycles. The summed E-state index contributed by atoms with van der Waals surface area (Å²) in [6.07, 6.45) is 0.946. The van der Waals surface area contributed by atoms with Crippen LogP contribution in [0.5, 0.6) is 0 Å².